The van der Waals surface area contributed by atoms with Crippen LogP contribution in [0.5, 0.6) is 5.75 Å². The molecular weight excluding hydrogens is 260 g/mol. The highest BCUT2D eigenvalue weighted by Crippen LogP contribution is 2.12. The topological polar surface area (TPSA) is 67.4 Å². The fourth-order valence-electron chi connectivity index (χ4n) is 1.31. The Kier molecular flexibility index (Phi) is 6.08. The lowest BCUT2D eigenvalue weighted by Crippen LogP contribution is -2.31. The van der Waals surface area contributed by atoms with Gasteiger partial charge in [0.2, 0.25) is 5.91 Å². The first-order chi connectivity index (χ1) is 8.99. The van der Waals surface area contributed by atoms with E-state index in [1.807, 2.05) is 0 Å². The molecule has 1 rings (SSSR count). The standard InChI is InChI=1S/C13H18N2O3Si/c1-10(16)14-8-18-12-6-4-5-11(7-12)13(17)15-9-19(2)3/h4-7H,8-9H2,1-3H3,(H-,14,15,16,17)/p+1. The molecule has 0 fully saturated rings. The van der Waals surface area contributed by atoms with Crippen LogP contribution < -0.4 is 15.4 Å². The molecule has 2 amide bonds. The summed E-state index contributed by atoms with van der Waals surface area (Å²) in [5.74, 6) is 0.297. The van der Waals surface area contributed by atoms with Crippen LogP contribution in [0.15, 0.2) is 24.3 Å². The summed E-state index contributed by atoms with van der Waals surface area (Å²) in [4.78, 5) is 22.6. The summed E-state index contributed by atoms with van der Waals surface area (Å²) < 4.78 is 5.33. The molecule has 0 aliphatic rings. The minimum absolute atomic E-state index is 0.0947. The molecule has 19 heavy (non-hydrogen) atoms. The second kappa shape index (κ2) is 7.58. The molecule has 6 heteroatoms. The van der Waals surface area contributed by atoms with Gasteiger partial charge in [-0.2, -0.15) is 0 Å². The molecule has 0 saturated carbocycles. The number of carbonyl (C=O) groups excluding carboxylic acids is 2. The van der Waals surface area contributed by atoms with Crippen molar-refractivity contribution in [2.24, 2.45) is 0 Å². The molecule has 2 N–H and O–H groups in total. The van der Waals surface area contributed by atoms with E-state index in [1.165, 1.54) is 6.92 Å². The van der Waals surface area contributed by atoms with Crippen LogP contribution in [-0.4, -0.2) is 33.5 Å². The van der Waals surface area contributed by atoms with Gasteiger partial charge in [0, 0.05) is 12.5 Å². The zero-order valence-corrected chi connectivity index (χ0v) is 12.4. The normalized spacial score (nSPS) is 9.63. The number of hydrogen-bond donors (Lipinski definition) is 2. The third-order valence-electron chi connectivity index (χ3n) is 2.26. The molecule has 5 nitrogen and oxygen atoms in total. The van der Waals surface area contributed by atoms with Gasteiger partial charge in [-0.05, 0) is 18.2 Å². The number of ether oxygens (including phenoxy) is 1. The van der Waals surface area contributed by atoms with Crippen LogP contribution in [0.2, 0.25) is 13.1 Å². The summed E-state index contributed by atoms with van der Waals surface area (Å²) in [5, 5.41) is 5.41. The monoisotopic (exact) mass is 279 g/mol. The van der Waals surface area contributed by atoms with Crippen molar-refractivity contribution in [1.29, 1.82) is 0 Å². The van der Waals surface area contributed by atoms with E-state index in [4.69, 9.17) is 4.74 Å². The lowest BCUT2D eigenvalue weighted by atomic mass is 10.2. The Morgan fingerprint density at radius 1 is 1.26 bits per heavy atom. The fraction of sp³-hybridized carbons (Fsp3) is 0.385. The van der Waals surface area contributed by atoms with Gasteiger partial charge in [-0.3, -0.25) is 9.59 Å². The Balaban J connectivity index is 2.55. The lowest BCUT2D eigenvalue weighted by Gasteiger charge is -2.08. The average molecular weight is 279 g/mol. The van der Waals surface area contributed by atoms with Gasteiger partial charge in [-0.15, -0.1) is 0 Å². The molecule has 0 unspecified atom stereocenters. The molecular formula is C13H19N2O3Si+. The van der Waals surface area contributed by atoms with E-state index in [0.717, 1.165) is 6.17 Å². The van der Waals surface area contributed by atoms with Crippen LogP contribution >= 0.6 is 0 Å². The Hall–Kier alpha value is -1.82. The highest BCUT2D eigenvalue weighted by molar-refractivity contribution is 6.56. The van der Waals surface area contributed by atoms with Gasteiger partial charge < -0.3 is 15.4 Å². The summed E-state index contributed by atoms with van der Waals surface area (Å²) >= 11 is 0. The number of benzene rings is 1. The van der Waals surface area contributed by atoms with Gasteiger partial charge >= 0.3 is 8.80 Å². The van der Waals surface area contributed by atoms with Gasteiger partial charge in [0.15, 0.2) is 6.73 Å². The molecule has 0 spiro atoms. The van der Waals surface area contributed by atoms with Crippen molar-refractivity contribution in [2.45, 2.75) is 20.0 Å². The summed E-state index contributed by atoms with van der Waals surface area (Å²) in [6, 6.07) is 6.89. The smallest absolute Gasteiger partial charge is 0.329 e. The van der Waals surface area contributed by atoms with Crippen LogP contribution in [0, 0.1) is 0 Å². The lowest BCUT2D eigenvalue weighted by molar-refractivity contribution is -0.119. The van der Waals surface area contributed by atoms with Crippen LogP contribution in [0.1, 0.15) is 17.3 Å². The predicted octanol–water partition coefficient (Wildman–Crippen LogP) is 1.18. The second-order valence-corrected chi connectivity index (χ2v) is 7.21. The largest absolute Gasteiger partial charge is 0.473 e. The van der Waals surface area contributed by atoms with Crippen molar-refractivity contribution < 1.29 is 14.3 Å². The molecule has 0 heterocycles. The summed E-state index contributed by atoms with van der Waals surface area (Å²) in [7, 11) is -0.481. The van der Waals surface area contributed by atoms with Crippen molar-refractivity contribution in [2.75, 3.05) is 12.9 Å². The Morgan fingerprint density at radius 2 is 2.00 bits per heavy atom. The minimum atomic E-state index is -0.481. The fourth-order valence-corrected chi connectivity index (χ4v) is 1.82. The Morgan fingerprint density at radius 3 is 2.63 bits per heavy atom. The van der Waals surface area contributed by atoms with E-state index >= 15 is 0 Å². The molecule has 1 aromatic carbocycles. The van der Waals surface area contributed by atoms with Crippen molar-refractivity contribution >= 4 is 20.6 Å². The molecule has 0 atom stereocenters. The van der Waals surface area contributed by atoms with E-state index in [2.05, 4.69) is 23.7 Å². The van der Waals surface area contributed by atoms with Crippen molar-refractivity contribution in [3.05, 3.63) is 29.8 Å². The molecule has 102 valence electrons. The number of hydrogen-bond acceptors (Lipinski definition) is 3. The minimum Gasteiger partial charge on any atom is -0.473 e. The Labute approximate surface area is 114 Å². The molecule has 0 aromatic heterocycles. The first kappa shape index (κ1) is 15.2. The van der Waals surface area contributed by atoms with Crippen molar-refractivity contribution in [1.82, 2.24) is 10.6 Å². The number of carbonyl (C=O) groups is 2. The van der Waals surface area contributed by atoms with Crippen LogP contribution in [-0.2, 0) is 4.79 Å². The third kappa shape index (κ3) is 6.05. The van der Waals surface area contributed by atoms with E-state index in [-0.39, 0.29) is 18.5 Å². The van der Waals surface area contributed by atoms with E-state index in [0.29, 0.717) is 11.3 Å². The van der Waals surface area contributed by atoms with Gasteiger partial charge in [0.25, 0.3) is 5.91 Å². The maximum absolute atomic E-state index is 11.9. The maximum Gasteiger partial charge on any atom is 0.329 e. The molecule has 0 radical (unpaired) electrons. The Bertz CT molecular complexity index is 449. The molecule has 0 aliphatic heterocycles. The quantitative estimate of drug-likeness (QED) is 0.607. The molecule has 0 bridgehead atoms. The highest BCUT2D eigenvalue weighted by atomic mass is 28.3. The van der Waals surface area contributed by atoms with Crippen LogP contribution in [0.3, 0.4) is 0 Å². The van der Waals surface area contributed by atoms with E-state index in [9.17, 15) is 9.59 Å². The highest BCUT2D eigenvalue weighted by Gasteiger charge is 2.14. The first-order valence-corrected chi connectivity index (χ1v) is 8.74. The number of amides is 2. The molecule has 0 saturated heterocycles. The predicted molar refractivity (Wildman–Crippen MR) is 75.6 cm³/mol. The van der Waals surface area contributed by atoms with Gasteiger partial charge in [0.05, 0.1) is 13.1 Å². The number of nitrogens with one attached hydrogen (secondary N) is 2. The SMILES string of the molecule is CC(=O)NCOc1cccc(C(=O)NC[Si+](C)C)c1. The van der Waals surface area contributed by atoms with E-state index in [1.54, 1.807) is 24.3 Å². The van der Waals surface area contributed by atoms with Crippen molar-refractivity contribution in [3.63, 3.8) is 0 Å². The summed E-state index contributed by atoms with van der Waals surface area (Å²) in [5.41, 5.74) is 0.559. The molecule has 1 aromatic rings. The second-order valence-electron chi connectivity index (χ2n) is 4.44. The molecule has 0 aliphatic carbocycles. The van der Waals surface area contributed by atoms with Crippen molar-refractivity contribution in [3.8, 4) is 5.75 Å². The number of rotatable bonds is 6. The van der Waals surface area contributed by atoms with Crippen LogP contribution in [0.4, 0.5) is 0 Å². The van der Waals surface area contributed by atoms with Gasteiger partial charge in [-0.25, -0.2) is 0 Å². The zero-order chi connectivity index (χ0) is 14.3. The summed E-state index contributed by atoms with van der Waals surface area (Å²) in [6.45, 7) is 5.79. The maximum atomic E-state index is 11.9. The van der Waals surface area contributed by atoms with Gasteiger partial charge in [-0.1, -0.05) is 6.07 Å². The van der Waals surface area contributed by atoms with Crippen LogP contribution in [0.25, 0.3) is 0 Å². The zero-order valence-electron chi connectivity index (χ0n) is 11.4. The van der Waals surface area contributed by atoms with Gasteiger partial charge in [0.1, 0.15) is 11.9 Å². The first-order valence-electron chi connectivity index (χ1n) is 6.03. The summed E-state index contributed by atoms with van der Waals surface area (Å²) in [6.07, 6.45) is 0.737. The average Bonchev–Trinajstić information content (AvgIpc) is 2.36. The third-order valence-corrected chi connectivity index (χ3v) is 3.14. The van der Waals surface area contributed by atoms with E-state index < -0.39 is 8.80 Å².